The summed E-state index contributed by atoms with van der Waals surface area (Å²) in [5.74, 6) is 6.26. The van der Waals surface area contributed by atoms with Gasteiger partial charge in [0.1, 0.15) is 0 Å². The Hall–Kier alpha value is -0.390. The number of nitrogens with two attached hydrogens (primary N) is 1. The minimum atomic E-state index is 0.242. The summed E-state index contributed by atoms with van der Waals surface area (Å²) in [6.45, 7) is 2.97. The van der Waals surface area contributed by atoms with Crippen molar-refractivity contribution in [2.75, 3.05) is 0 Å². The van der Waals surface area contributed by atoms with Crippen LogP contribution in [-0.2, 0) is 6.54 Å². The van der Waals surface area contributed by atoms with Gasteiger partial charge in [-0.1, -0.05) is 0 Å². The van der Waals surface area contributed by atoms with Crippen molar-refractivity contribution in [2.45, 2.75) is 32.4 Å². The second kappa shape index (κ2) is 4.00. The molecule has 1 unspecified atom stereocenters. The monoisotopic (exact) mass is 258 g/mol. The molecular formula is C9H15BrN4. The van der Waals surface area contributed by atoms with Gasteiger partial charge in [-0.15, -0.1) is 0 Å². The van der Waals surface area contributed by atoms with Crippen molar-refractivity contribution in [1.82, 2.24) is 15.2 Å². The van der Waals surface area contributed by atoms with Crippen LogP contribution in [0.4, 0.5) is 0 Å². The molecule has 14 heavy (non-hydrogen) atoms. The fourth-order valence-corrected chi connectivity index (χ4v) is 2.34. The summed E-state index contributed by atoms with van der Waals surface area (Å²) >= 11 is 3.52. The average molecular weight is 259 g/mol. The lowest BCUT2D eigenvalue weighted by Crippen LogP contribution is -2.31. The van der Waals surface area contributed by atoms with Gasteiger partial charge >= 0.3 is 0 Å². The molecule has 0 amide bonds. The minimum absolute atomic E-state index is 0.242. The van der Waals surface area contributed by atoms with Gasteiger partial charge in [0.15, 0.2) is 0 Å². The molecule has 5 heteroatoms. The van der Waals surface area contributed by atoms with E-state index in [1.165, 1.54) is 18.5 Å². The Bertz CT molecular complexity index is 319. The van der Waals surface area contributed by atoms with Gasteiger partial charge in [0.2, 0.25) is 0 Å². The van der Waals surface area contributed by atoms with E-state index in [1.54, 1.807) is 0 Å². The smallest absolute Gasteiger partial charge is 0.0711 e. The zero-order valence-corrected chi connectivity index (χ0v) is 9.79. The summed E-state index contributed by atoms with van der Waals surface area (Å²) in [5, 5.41) is 4.29. The maximum absolute atomic E-state index is 5.59. The van der Waals surface area contributed by atoms with Gasteiger partial charge in [-0.25, -0.2) is 0 Å². The highest BCUT2D eigenvalue weighted by Gasteiger charge is 2.34. The first kappa shape index (κ1) is 10.1. The highest BCUT2D eigenvalue weighted by atomic mass is 79.9. The van der Waals surface area contributed by atoms with Gasteiger partial charge in [0.25, 0.3) is 0 Å². The van der Waals surface area contributed by atoms with Crippen LogP contribution in [0.2, 0.25) is 0 Å². The molecule has 0 aliphatic heterocycles. The summed E-state index contributed by atoms with van der Waals surface area (Å²) in [6.07, 6.45) is 4.36. The largest absolute Gasteiger partial charge is 0.271 e. The molecule has 78 valence electrons. The van der Waals surface area contributed by atoms with Crippen LogP contribution >= 0.6 is 15.9 Å². The summed E-state index contributed by atoms with van der Waals surface area (Å²) in [6, 6.07) is 0.242. The number of rotatable bonds is 4. The molecule has 0 saturated heterocycles. The average Bonchev–Trinajstić information content (AvgIpc) is 2.95. The van der Waals surface area contributed by atoms with Gasteiger partial charge in [0.05, 0.1) is 22.4 Å². The summed E-state index contributed by atoms with van der Waals surface area (Å²) in [7, 11) is 0. The van der Waals surface area contributed by atoms with Crippen molar-refractivity contribution in [3.05, 3.63) is 16.4 Å². The van der Waals surface area contributed by atoms with E-state index >= 15 is 0 Å². The second-order valence-electron chi connectivity index (χ2n) is 3.68. The molecule has 1 aliphatic rings. The van der Waals surface area contributed by atoms with Gasteiger partial charge in [-0.05, 0) is 41.6 Å². The lowest BCUT2D eigenvalue weighted by atomic mass is 10.1. The lowest BCUT2D eigenvalue weighted by molar-refractivity contribution is 0.449. The Kier molecular flexibility index (Phi) is 2.90. The molecule has 0 spiro atoms. The summed E-state index contributed by atoms with van der Waals surface area (Å²) in [4.78, 5) is 0. The van der Waals surface area contributed by atoms with E-state index in [0.717, 1.165) is 11.0 Å². The molecule has 1 aromatic heterocycles. The van der Waals surface area contributed by atoms with Gasteiger partial charge < -0.3 is 0 Å². The number of nitrogens with one attached hydrogen (secondary N) is 1. The topological polar surface area (TPSA) is 55.9 Å². The molecule has 1 atom stereocenters. The van der Waals surface area contributed by atoms with Gasteiger partial charge in [-0.3, -0.25) is 16.0 Å². The predicted octanol–water partition coefficient (Wildman–Crippen LogP) is 1.58. The quantitative estimate of drug-likeness (QED) is 0.637. The van der Waals surface area contributed by atoms with Crippen LogP contribution in [0, 0.1) is 5.92 Å². The molecule has 1 aromatic rings. The standard InChI is InChI=1S/C9H15BrN4/c1-2-14-9(7(10)5-12-14)8(13-11)6-3-4-6/h5-6,8,13H,2-4,11H2,1H3. The normalized spacial score (nSPS) is 18.5. The number of aromatic nitrogens is 2. The molecule has 2 rings (SSSR count). The van der Waals surface area contributed by atoms with Crippen molar-refractivity contribution in [1.29, 1.82) is 0 Å². The first-order chi connectivity index (χ1) is 6.77. The number of hydrogen-bond donors (Lipinski definition) is 2. The summed E-state index contributed by atoms with van der Waals surface area (Å²) in [5.41, 5.74) is 4.07. The Morgan fingerprint density at radius 2 is 2.50 bits per heavy atom. The van der Waals surface area contributed by atoms with E-state index in [-0.39, 0.29) is 6.04 Å². The van der Waals surface area contributed by atoms with Gasteiger partial charge in [-0.2, -0.15) is 5.10 Å². The zero-order valence-electron chi connectivity index (χ0n) is 8.20. The fraction of sp³-hybridized carbons (Fsp3) is 0.667. The van der Waals surface area contributed by atoms with Crippen molar-refractivity contribution < 1.29 is 0 Å². The number of hydrazine groups is 1. The molecule has 0 bridgehead atoms. The molecule has 1 fully saturated rings. The Labute approximate surface area is 91.9 Å². The van der Waals surface area contributed by atoms with Crippen LogP contribution in [0.15, 0.2) is 10.7 Å². The van der Waals surface area contributed by atoms with Crippen LogP contribution in [0.25, 0.3) is 0 Å². The third-order valence-electron chi connectivity index (χ3n) is 2.70. The SMILES string of the molecule is CCn1ncc(Br)c1C(NN)C1CC1. The van der Waals surface area contributed by atoms with Gasteiger partial charge in [0, 0.05) is 6.54 Å². The Morgan fingerprint density at radius 1 is 1.79 bits per heavy atom. The molecule has 1 heterocycles. The molecule has 4 nitrogen and oxygen atoms in total. The van der Waals surface area contributed by atoms with E-state index < -0.39 is 0 Å². The van der Waals surface area contributed by atoms with Crippen molar-refractivity contribution in [3.63, 3.8) is 0 Å². The molecule has 1 saturated carbocycles. The van der Waals surface area contributed by atoms with E-state index in [9.17, 15) is 0 Å². The number of nitrogens with zero attached hydrogens (tertiary/aromatic N) is 2. The van der Waals surface area contributed by atoms with Crippen LogP contribution in [0.3, 0.4) is 0 Å². The molecule has 3 N–H and O–H groups in total. The third-order valence-corrected chi connectivity index (χ3v) is 3.31. The second-order valence-corrected chi connectivity index (χ2v) is 4.53. The molecule has 0 radical (unpaired) electrons. The summed E-state index contributed by atoms with van der Waals surface area (Å²) < 4.78 is 3.04. The van der Waals surface area contributed by atoms with Crippen molar-refractivity contribution in [2.24, 2.45) is 11.8 Å². The van der Waals surface area contributed by atoms with Crippen LogP contribution in [-0.4, -0.2) is 9.78 Å². The lowest BCUT2D eigenvalue weighted by Gasteiger charge is -2.17. The van der Waals surface area contributed by atoms with Crippen LogP contribution in [0.5, 0.6) is 0 Å². The first-order valence-corrected chi connectivity index (χ1v) is 5.74. The molecule has 0 aromatic carbocycles. The number of aryl methyl sites for hydroxylation is 1. The fourth-order valence-electron chi connectivity index (χ4n) is 1.80. The van der Waals surface area contributed by atoms with Crippen LogP contribution in [0.1, 0.15) is 31.5 Å². The van der Waals surface area contributed by atoms with E-state index in [2.05, 4.69) is 33.4 Å². The Balaban J connectivity index is 2.30. The molecular weight excluding hydrogens is 244 g/mol. The van der Waals surface area contributed by atoms with Crippen molar-refractivity contribution >= 4 is 15.9 Å². The Morgan fingerprint density at radius 3 is 3.00 bits per heavy atom. The highest BCUT2D eigenvalue weighted by Crippen LogP contribution is 2.42. The minimum Gasteiger partial charge on any atom is -0.271 e. The maximum atomic E-state index is 5.59. The van der Waals surface area contributed by atoms with E-state index in [1.807, 2.05) is 10.9 Å². The van der Waals surface area contributed by atoms with Crippen molar-refractivity contribution in [3.8, 4) is 0 Å². The number of halogens is 1. The maximum Gasteiger partial charge on any atom is 0.0711 e. The highest BCUT2D eigenvalue weighted by molar-refractivity contribution is 9.10. The van der Waals surface area contributed by atoms with Crippen LogP contribution < -0.4 is 11.3 Å². The zero-order chi connectivity index (χ0) is 10.1. The molecule has 1 aliphatic carbocycles. The number of hydrogen-bond acceptors (Lipinski definition) is 3. The van der Waals surface area contributed by atoms with E-state index in [0.29, 0.717) is 5.92 Å². The predicted molar refractivity (Wildman–Crippen MR) is 58.4 cm³/mol. The third kappa shape index (κ3) is 1.71. The van der Waals surface area contributed by atoms with E-state index in [4.69, 9.17) is 5.84 Å². The first-order valence-electron chi connectivity index (χ1n) is 4.95.